The Hall–Kier alpha value is -3.19. The van der Waals surface area contributed by atoms with E-state index < -0.39 is 17.8 Å². The highest BCUT2D eigenvalue weighted by Crippen LogP contribution is 2.19. The van der Waals surface area contributed by atoms with Gasteiger partial charge in [-0.1, -0.05) is 84.4 Å². The Morgan fingerprint density at radius 3 is 2.26 bits per heavy atom. The molecule has 0 aromatic heterocycles. The van der Waals surface area contributed by atoms with E-state index in [4.69, 9.17) is 4.74 Å². The van der Waals surface area contributed by atoms with E-state index in [0.717, 1.165) is 15.6 Å². The first-order chi connectivity index (χ1) is 16.8. The number of nitrogens with one attached hydrogen (secondary N) is 1. The lowest BCUT2D eigenvalue weighted by Crippen LogP contribution is -2.52. The van der Waals surface area contributed by atoms with Gasteiger partial charge in [0.2, 0.25) is 5.91 Å². The lowest BCUT2D eigenvalue weighted by molar-refractivity contribution is -0.142. The van der Waals surface area contributed by atoms with E-state index in [0.29, 0.717) is 13.0 Å². The Morgan fingerprint density at radius 2 is 1.60 bits per heavy atom. The first-order valence-corrected chi connectivity index (χ1v) is 12.4. The molecule has 3 aromatic rings. The number of carbonyl (C=O) groups is 2. The molecular weight excluding hydrogens is 511 g/mol. The average Bonchev–Trinajstić information content (AvgIpc) is 2.85. The summed E-state index contributed by atoms with van der Waals surface area (Å²) in [6.07, 6.45) is 0.340. The summed E-state index contributed by atoms with van der Waals surface area (Å²) in [5.74, 6) is -0.935. The molecule has 35 heavy (non-hydrogen) atoms. The largest absolute Gasteiger partial charge is 0.481 e. The zero-order chi connectivity index (χ0) is 25.2. The van der Waals surface area contributed by atoms with Crippen LogP contribution in [0, 0.1) is 11.7 Å². The molecule has 0 saturated heterocycles. The summed E-state index contributed by atoms with van der Waals surface area (Å²) < 4.78 is 20.5. The second-order valence-corrected chi connectivity index (χ2v) is 9.63. The van der Waals surface area contributed by atoms with Gasteiger partial charge in [0, 0.05) is 24.0 Å². The Balaban J connectivity index is 1.90. The molecule has 184 valence electrons. The third-order valence-electron chi connectivity index (χ3n) is 5.41. The minimum atomic E-state index is -0.767. The highest BCUT2D eigenvalue weighted by molar-refractivity contribution is 9.10. The maximum atomic E-state index is 14.1. The number of benzene rings is 3. The first-order valence-electron chi connectivity index (χ1n) is 11.6. The van der Waals surface area contributed by atoms with Crippen molar-refractivity contribution in [2.75, 3.05) is 13.2 Å². The zero-order valence-corrected chi connectivity index (χ0v) is 21.5. The van der Waals surface area contributed by atoms with Crippen LogP contribution in [-0.2, 0) is 22.6 Å². The van der Waals surface area contributed by atoms with Gasteiger partial charge in [0.1, 0.15) is 6.04 Å². The van der Waals surface area contributed by atoms with Crippen molar-refractivity contribution in [2.24, 2.45) is 5.92 Å². The molecule has 0 radical (unpaired) electrons. The molecule has 0 aliphatic carbocycles. The van der Waals surface area contributed by atoms with Gasteiger partial charge in [-0.3, -0.25) is 9.59 Å². The number of ether oxygens (including phenoxy) is 1. The Labute approximate surface area is 214 Å². The van der Waals surface area contributed by atoms with Gasteiger partial charge in [0.25, 0.3) is 5.91 Å². The lowest BCUT2D eigenvalue weighted by atomic mass is 10.0. The summed E-state index contributed by atoms with van der Waals surface area (Å²) in [4.78, 5) is 28.3. The highest BCUT2D eigenvalue weighted by Gasteiger charge is 2.30. The van der Waals surface area contributed by atoms with Gasteiger partial charge in [-0.2, -0.15) is 0 Å². The number of amides is 2. The molecule has 0 heterocycles. The lowest BCUT2D eigenvalue weighted by Gasteiger charge is -2.31. The molecule has 3 aromatic carbocycles. The van der Waals surface area contributed by atoms with E-state index in [9.17, 15) is 14.0 Å². The van der Waals surface area contributed by atoms with Gasteiger partial charge in [-0.25, -0.2) is 4.39 Å². The van der Waals surface area contributed by atoms with Crippen LogP contribution < -0.4 is 10.1 Å². The molecule has 0 aliphatic rings. The van der Waals surface area contributed by atoms with Crippen molar-refractivity contribution in [3.05, 3.63) is 100 Å². The molecule has 0 bridgehead atoms. The normalized spacial score (nSPS) is 11.7. The maximum Gasteiger partial charge on any atom is 0.261 e. The fourth-order valence-corrected chi connectivity index (χ4v) is 3.81. The quantitative estimate of drug-likeness (QED) is 0.355. The predicted molar refractivity (Wildman–Crippen MR) is 138 cm³/mol. The predicted octanol–water partition coefficient (Wildman–Crippen LogP) is 5.38. The Bertz CT molecular complexity index is 1110. The van der Waals surface area contributed by atoms with Crippen LogP contribution in [0.25, 0.3) is 0 Å². The number of halogens is 2. The molecule has 1 atom stereocenters. The molecule has 0 unspecified atom stereocenters. The minimum absolute atomic E-state index is 0.00619. The molecule has 0 aliphatic heterocycles. The van der Waals surface area contributed by atoms with E-state index in [1.54, 1.807) is 12.1 Å². The molecular formula is C28H30BrFN2O3. The monoisotopic (exact) mass is 540 g/mol. The second kappa shape index (κ2) is 13.0. The van der Waals surface area contributed by atoms with Crippen LogP contribution in [0.1, 0.15) is 25.0 Å². The topological polar surface area (TPSA) is 58.6 Å². The number of nitrogens with zero attached hydrogens (tertiary/aromatic N) is 1. The standard InChI is InChI=1S/C28H30BrFN2O3/c1-20(2)17-31-28(34)25(16-21-8-4-3-5-9-21)32(18-22-12-14-23(29)15-13-22)27(33)19-35-26-11-7-6-10-24(26)30/h3-15,20,25H,16-19H2,1-2H3,(H,31,34)/t25-/m1/s1. The van der Waals surface area contributed by atoms with Crippen molar-refractivity contribution in [3.63, 3.8) is 0 Å². The van der Waals surface area contributed by atoms with E-state index >= 15 is 0 Å². The number of para-hydroxylation sites is 1. The molecule has 7 heteroatoms. The summed E-state index contributed by atoms with van der Waals surface area (Å²) in [5, 5.41) is 2.97. The zero-order valence-electron chi connectivity index (χ0n) is 19.9. The van der Waals surface area contributed by atoms with E-state index in [1.807, 2.05) is 68.4 Å². The van der Waals surface area contributed by atoms with Crippen molar-refractivity contribution in [1.29, 1.82) is 0 Å². The molecule has 0 fully saturated rings. The van der Waals surface area contributed by atoms with Gasteiger partial charge in [0.15, 0.2) is 18.2 Å². The highest BCUT2D eigenvalue weighted by atomic mass is 79.9. The maximum absolute atomic E-state index is 14.1. The van der Waals surface area contributed by atoms with Gasteiger partial charge >= 0.3 is 0 Å². The molecule has 0 spiro atoms. The third kappa shape index (κ3) is 8.21. The Kier molecular flexibility index (Phi) is 9.85. The van der Waals surface area contributed by atoms with Crippen molar-refractivity contribution >= 4 is 27.7 Å². The molecule has 0 saturated carbocycles. The summed E-state index contributed by atoms with van der Waals surface area (Å²) in [6, 6.07) is 22.3. The number of hydrogen-bond acceptors (Lipinski definition) is 3. The van der Waals surface area contributed by atoms with Crippen molar-refractivity contribution < 1.29 is 18.7 Å². The Morgan fingerprint density at radius 1 is 0.943 bits per heavy atom. The molecule has 1 N–H and O–H groups in total. The van der Waals surface area contributed by atoms with E-state index in [-0.39, 0.29) is 30.7 Å². The molecule has 5 nitrogen and oxygen atoms in total. The van der Waals surface area contributed by atoms with Crippen LogP contribution >= 0.6 is 15.9 Å². The smallest absolute Gasteiger partial charge is 0.261 e. The molecule has 3 rings (SSSR count). The summed E-state index contributed by atoms with van der Waals surface area (Å²) in [7, 11) is 0. The fourth-order valence-electron chi connectivity index (χ4n) is 3.55. The number of carbonyl (C=O) groups excluding carboxylic acids is 2. The van der Waals surface area contributed by atoms with Crippen molar-refractivity contribution in [2.45, 2.75) is 32.9 Å². The van der Waals surface area contributed by atoms with Gasteiger partial charge < -0.3 is 15.0 Å². The fraction of sp³-hybridized carbons (Fsp3) is 0.286. The van der Waals surface area contributed by atoms with Crippen LogP contribution in [0.2, 0.25) is 0 Å². The van der Waals surface area contributed by atoms with E-state index in [2.05, 4.69) is 21.2 Å². The third-order valence-corrected chi connectivity index (χ3v) is 5.94. The van der Waals surface area contributed by atoms with Crippen LogP contribution in [0.3, 0.4) is 0 Å². The van der Waals surface area contributed by atoms with Gasteiger partial charge in [-0.05, 0) is 41.3 Å². The van der Waals surface area contributed by atoms with Crippen LogP contribution in [-0.4, -0.2) is 35.9 Å². The minimum Gasteiger partial charge on any atom is -0.481 e. The van der Waals surface area contributed by atoms with Gasteiger partial charge in [-0.15, -0.1) is 0 Å². The second-order valence-electron chi connectivity index (χ2n) is 8.71. The SMILES string of the molecule is CC(C)CNC(=O)[C@@H](Cc1ccccc1)N(Cc1ccc(Br)cc1)C(=O)COc1ccccc1F. The van der Waals surface area contributed by atoms with Crippen LogP contribution in [0.5, 0.6) is 5.75 Å². The van der Waals surface area contributed by atoms with Gasteiger partial charge in [0.05, 0.1) is 0 Å². The van der Waals surface area contributed by atoms with Crippen molar-refractivity contribution in [1.82, 2.24) is 10.2 Å². The van der Waals surface area contributed by atoms with Crippen LogP contribution in [0.15, 0.2) is 83.3 Å². The average molecular weight is 541 g/mol. The van der Waals surface area contributed by atoms with E-state index in [1.165, 1.54) is 17.0 Å². The number of hydrogen-bond donors (Lipinski definition) is 1. The summed E-state index contributed by atoms with van der Waals surface area (Å²) >= 11 is 3.43. The first kappa shape index (κ1) is 26.4. The summed E-state index contributed by atoms with van der Waals surface area (Å²) in [5.41, 5.74) is 1.79. The summed E-state index contributed by atoms with van der Waals surface area (Å²) in [6.45, 7) is 4.34. The van der Waals surface area contributed by atoms with Crippen molar-refractivity contribution in [3.8, 4) is 5.75 Å². The molecule has 2 amide bonds. The van der Waals surface area contributed by atoms with Crippen LogP contribution in [0.4, 0.5) is 4.39 Å². The number of rotatable bonds is 11.